The van der Waals surface area contributed by atoms with Gasteiger partial charge in [-0.1, -0.05) is 0 Å². The van der Waals surface area contributed by atoms with E-state index in [4.69, 9.17) is 5.11 Å². The van der Waals surface area contributed by atoms with Crippen molar-refractivity contribution in [2.45, 2.75) is 0 Å². The monoisotopic (exact) mass is 268 g/mol. The summed E-state index contributed by atoms with van der Waals surface area (Å²) in [4.78, 5) is 0. The zero-order valence-electron chi connectivity index (χ0n) is 4.74. The second kappa shape index (κ2) is 2.88. The maximum absolute atomic E-state index is 12.6. The molecule has 1 aromatic carbocycles. The van der Waals surface area contributed by atoms with Gasteiger partial charge >= 0.3 is 0 Å². The first-order valence-corrected chi connectivity index (χ1v) is 4.03. The highest BCUT2D eigenvalue weighted by Crippen LogP contribution is 2.29. The SMILES string of the molecule is Oc1cc(Br)c(F)cc1Br. The third-order valence-corrected chi connectivity index (χ3v) is 2.23. The van der Waals surface area contributed by atoms with Crippen LogP contribution in [0, 0.1) is 5.82 Å². The second-order valence-electron chi connectivity index (χ2n) is 1.72. The molecule has 1 rings (SSSR count). The number of halogens is 3. The number of hydrogen-bond donors (Lipinski definition) is 1. The molecule has 0 aliphatic heterocycles. The van der Waals surface area contributed by atoms with Crippen molar-refractivity contribution >= 4 is 31.9 Å². The van der Waals surface area contributed by atoms with Crippen molar-refractivity contribution in [3.05, 3.63) is 26.9 Å². The van der Waals surface area contributed by atoms with Gasteiger partial charge < -0.3 is 5.11 Å². The number of phenolic OH excluding ortho intramolecular Hbond substituents is 1. The van der Waals surface area contributed by atoms with Crippen molar-refractivity contribution in [2.24, 2.45) is 0 Å². The third kappa shape index (κ3) is 1.49. The Balaban J connectivity index is 3.28. The van der Waals surface area contributed by atoms with Crippen LogP contribution in [0.2, 0.25) is 0 Å². The van der Waals surface area contributed by atoms with Crippen LogP contribution in [0.25, 0.3) is 0 Å². The Morgan fingerprint density at radius 1 is 1.20 bits per heavy atom. The van der Waals surface area contributed by atoms with Crippen LogP contribution < -0.4 is 0 Å². The molecule has 0 amide bonds. The Morgan fingerprint density at radius 3 is 2.30 bits per heavy atom. The van der Waals surface area contributed by atoms with E-state index in [9.17, 15) is 4.39 Å². The molecular weight excluding hydrogens is 267 g/mol. The van der Waals surface area contributed by atoms with Gasteiger partial charge in [0.25, 0.3) is 0 Å². The summed E-state index contributed by atoms with van der Waals surface area (Å²) in [7, 11) is 0. The van der Waals surface area contributed by atoms with Crippen LogP contribution in [0.5, 0.6) is 5.75 Å². The number of phenols is 1. The van der Waals surface area contributed by atoms with Gasteiger partial charge in [-0.3, -0.25) is 0 Å². The molecule has 4 heteroatoms. The lowest BCUT2D eigenvalue weighted by Gasteiger charge is -1.97. The quantitative estimate of drug-likeness (QED) is 0.718. The molecule has 0 spiro atoms. The van der Waals surface area contributed by atoms with E-state index in [0.29, 0.717) is 4.47 Å². The first-order valence-electron chi connectivity index (χ1n) is 2.45. The molecule has 0 bridgehead atoms. The lowest BCUT2D eigenvalue weighted by Crippen LogP contribution is -1.76. The molecule has 0 saturated heterocycles. The summed E-state index contributed by atoms with van der Waals surface area (Å²) >= 11 is 5.89. The summed E-state index contributed by atoms with van der Waals surface area (Å²) < 4.78 is 13.2. The molecule has 0 aliphatic rings. The normalized spacial score (nSPS) is 9.90. The summed E-state index contributed by atoms with van der Waals surface area (Å²) in [6, 6.07) is 2.48. The van der Waals surface area contributed by atoms with Crippen molar-refractivity contribution in [3.63, 3.8) is 0 Å². The molecular formula is C6H3Br2FO. The van der Waals surface area contributed by atoms with Crippen LogP contribution in [0.1, 0.15) is 0 Å². The first-order chi connectivity index (χ1) is 4.61. The molecule has 0 radical (unpaired) electrons. The predicted octanol–water partition coefficient (Wildman–Crippen LogP) is 3.06. The average Bonchev–Trinajstić information content (AvgIpc) is 1.84. The van der Waals surface area contributed by atoms with Gasteiger partial charge in [0.15, 0.2) is 0 Å². The lowest BCUT2D eigenvalue weighted by atomic mass is 10.3. The van der Waals surface area contributed by atoms with Crippen molar-refractivity contribution < 1.29 is 9.50 Å². The molecule has 54 valence electrons. The minimum atomic E-state index is -0.398. The molecule has 0 saturated carbocycles. The maximum atomic E-state index is 12.6. The second-order valence-corrected chi connectivity index (χ2v) is 3.43. The van der Waals surface area contributed by atoms with Crippen LogP contribution in [0.3, 0.4) is 0 Å². The molecule has 0 fully saturated rings. The van der Waals surface area contributed by atoms with Crippen LogP contribution in [-0.2, 0) is 0 Å². The number of benzene rings is 1. The van der Waals surface area contributed by atoms with Gasteiger partial charge in [-0.15, -0.1) is 0 Å². The van der Waals surface area contributed by atoms with Gasteiger partial charge in [-0.05, 0) is 44.0 Å². The molecule has 0 unspecified atom stereocenters. The molecule has 0 atom stereocenters. The van der Waals surface area contributed by atoms with Crippen LogP contribution in [0.15, 0.2) is 21.1 Å². The largest absolute Gasteiger partial charge is 0.507 e. The van der Waals surface area contributed by atoms with Crippen molar-refractivity contribution in [1.82, 2.24) is 0 Å². The van der Waals surface area contributed by atoms with Gasteiger partial charge in [-0.2, -0.15) is 0 Å². The summed E-state index contributed by atoms with van der Waals surface area (Å²) in [5, 5.41) is 8.98. The van der Waals surface area contributed by atoms with E-state index in [1.807, 2.05) is 0 Å². The van der Waals surface area contributed by atoms with E-state index < -0.39 is 5.82 Å². The Kier molecular flexibility index (Phi) is 2.31. The fraction of sp³-hybridized carbons (Fsp3) is 0. The van der Waals surface area contributed by atoms with Gasteiger partial charge in [0.05, 0.1) is 8.95 Å². The van der Waals surface area contributed by atoms with Crippen molar-refractivity contribution in [2.75, 3.05) is 0 Å². The highest BCUT2D eigenvalue weighted by molar-refractivity contribution is 9.11. The molecule has 10 heavy (non-hydrogen) atoms. The highest BCUT2D eigenvalue weighted by atomic mass is 79.9. The molecule has 1 aromatic rings. The molecule has 1 N–H and O–H groups in total. The molecule has 0 aromatic heterocycles. The molecule has 0 heterocycles. The van der Waals surface area contributed by atoms with E-state index in [-0.39, 0.29) is 10.2 Å². The summed E-state index contributed by atoms with van der Waals surface area (Å²) in [5.41, 5.74) is 0. The summed E-state index contributed by atoms with van der Waals surface area (Å²) in [6.45, 7) is 0. The van der Waals surface area contributed by atoms with E-state index >= 15 is 0 Å². The van der Waals surface area contributed by atoms with E-state index in [2.05, 4.69) is 31.9 Å². The Morgan fingerprint density at radius 2 is 1.80 bits per heavy atom. The number of aromatic hydroxyl groups is 1. The van der Waals surface area contributed by atoms with Gasteiger partial charge in [0, 0.05) is 0 Å². The highest BCUT2D eigenvalue weighted by Gasteiger charge is 2.03. The number of hydrogen-bond acceptors (Lipinski definition) is 1. The van der Waals surface area contributed by atoms with Gasteiger partial charge in [0.2, 0.25) is 0 Å². The lowest BCUT2D eigenvalue weighted by molar-refractivity contribution is 0.468. The fourth-order valence-electron chi connectivity index (χ4n) is 0.512. The standard InChI is InChI=1S/C6H3Br2FO/c7-3-2-6(10)4(8)1-5(3)9/h1-2,10H. The Hall–Kier alpha value is -0.0900. The minimum Gasteiger partial charge on any atom is -0.507 e. The molecule has 1 nitrogen and oxygen atoms in total. The maximum Gasteiger partial charge on any atom is 0.138 e. The van der Waals surface area contributed by atoms with Gasteiger partial charge in [-0.25, -0.2) is 4.39 Å². The summed E-state index contributed by atoms with van der Waals surface area (Å²) in [5.74, 6) is -0.377. The van der Waals surface area contributed by atoms with Crippen molar-refractivity contribution in [3.8, 4) is 5.75 Å². The van der Waals surface area contributed by atoms with Crippen LogP contribution in [0.4, 0.5) is 4.39 Å². The zero-order valence-corrected chi connectivity index (χ0v) is 7.91. The van der Waals surface area contributed by atoms with Crippen molar-refractivity contribution in [1.29, 1.82) is 0 Å². The van der Waals surface area contributed by atoms with Gasteiger partial charge in [0.1, 0.15) is 11.6 Å². The van der Waals surface area contributed by atoms with E-state index in [1.165, 1.54) is 12.1 Å². The Bertz CT molecular complexity index is 212. The average molecular weight is 270 g/mol. The zero-order chi connectivity index (χ0) is 7.72. The summed E-state index contributed by atoms with van der Waals surface area (Å²) in [6.07, 6.45) is 0. The smallest absolute Gasteiger partial charge is 0.138 e. The Labute approximate surface area is 74.1 Å². The topological polar surface area (TPSA) is 20.2 Å². The number of rotatable bonds is 0. The minimum absolute atomic E-state index is 0.0216. The van der Waals surface area contributed by atoms with Crippen LogP contribution in [-0.4, -0.2) is 5.11 Å². The fourth-order valence-corrected chi connectivity index (χ4v) is 1.16. The third-order valence-electron chi connectivity index (χ3n) is 0.990. The van der Waals surface area contributed by atoms with Crippen LogP contribution >= 0.6 is 31.9 Å². The first kappa shape index (κ1) is 8.01. The van der Waals surface area contributed by atoms with E-state index in [1.54, 1.807) is 0 Å². The van der Waals surface area contributed by atoms with E-state index in [0.717, 1.165) is 0 Å². The molecule has 0 aliphatic carbocycles. The predicted molar refractivity (Wildman–Crippen MR) is 43.5 cm³/mol.